The van der Waals surface area contributed by atoms with Crippen LogP contribution in [0.2, 0.25) is 0 Å². The molecule has 0 bridgehead atoms. The predicted octanol–water partition coefficient (Wildman–Crippen LogP) is 0.183. The first-order valence-electron chi connectivity index (χ1n) is 6.28. The van der Waals surface area contributed by atoms with Crippen LogP contribution in [-0.4, -0.2) is 55.0 Å². The Labute approximate surface area is 113 Å². The third-order valence-electron chi connectivity index (χ3n) is 2.90. The zero-order chi connectivity index (χ0) is 14.0. The molecular formula is C14H22O5. The van der Waals surface area contributed by atoms with E-state index in [1.54, 1.807) is 0 Å². The van der Waals surface area contributed by atoms with Crippen molar-refractivity contribution >= 4 is 0 Å². The van der Waals surface area contributed by atoms with Crippen molar-refractivity contribution in [2.24, 2.45) is 5.41 Å². The lowest BCUT2D eigenvalue weighted by molar-refractivity contribution is -0.0679. The molecule has 108 valence electrons. The fraction of sp³-hybridized carbons (Fsp3) is 0.571. The van der Waals surface area contributed by atoms with Gasteiger partial charge >= 0.3 is 0 Å². The minimum atomic E-state index is -0.973. The summed E-state index contributed by atoms with van der Waals surface area (Å²) in [5.74, 6) is 0. The molecule has 1 aromatic carbocycles. The van der Waals surface area contributed by atoms with Gasteiger partial charge in [-0.25, -0.2) is 0 Å². The van der Waals surface area contributed by atoms with Gasteiger partial charge in [-0.2, -0.15) is 0 Å². The van der Waals surface area contributed by atoms with E-state index in [1.165, 1.54) is 0 Å². The Morgan fingerprint density at radius 2 is 1.42 bits per heavy atom. The molecule has 0 amide bonds. The lowest BCUT2D eigenvalue weighted by Gasteiger charge is -2.26. The molecule has 3 N–H and O–H groups in total. The lowest BCUT2D eigenvalue weighted by atomic mass is 9.93. The zero-order valence-electron chi connectivity index (χ0n) is 11.0. The molecule has 0 spiro atoms. The zero-order valence-corrected chi connectivity index (χ0v) is 11.0. The molecule has 1 rings (SSSR count). The highest BCUT2D eigenvalue weighted by molar-refractivity contribution is 5.13. The van der Waals surface area contributed by atoms with Crippen LogP contribution in [-0.2, 0) is 16.1 Å². The van der Waals surface area contributed by atoms with Crippen LogP contribution in [0.4, 0.5) is 0 Å². The van der Waals surface area contributed by atoms with Gasteiger partial charge in [-0.1, -0.05) is 30.3 Å². The molecule has 0 fully saturated rings. The Morgan fingerprint density at radius 1 is 0.842 bits per heavy atom. The van der Waals surface area contributed by atoms with Crippen LogP contribution in [0.1, 0.15) is 5.56 Å². The van der Waals surface area contributed by atoms with Gasteiger partial charge in [0.15, 0.2) is 0 Å². The topological polar surface area (TPSA) is 79.2 Å². The summed E-state index contributed by atoms with van der Waals surface area (Å²) < 4.78 is 10.7. The average Bonchev–Trinajstić information content (AvgIpc) is 2.48. The summed E-state index contributed by atoms with van der Waals surface area (Å²) in [6.07, 6.45) is 0. The summed E-state index contributed by atoms with van der Waals surface area (Å²) >= 11 is 0. The Kier molecular flexibility index (Phi) is 7.62. The Morgan fingerprint density at radius 3 is 2.00 bits per heavy atom. The van der Waals surface area contributed by atoms with Crippen LogP contribution in [0.15, 0.2) is 30.3 Å². The van der Waals surface area contributed by atoms with Gasteiger partial charge in [-0.3, -0.25) is 0 Å². The summed E-state index contributed by atoms with van der Waals surface area (Å²) in [7, 11) is 0. The maximum absolute atomic E-state index is 9.10. The predicted molar refractivity (Wildman–Crippen MR) is 70.6 cm³/mol. The largest absolute Gasteiger partial charge is 0.396 e. The first-order chi connectivity index (χ1) is 9.26. The second-order valence-electron chi connectivity index (χ2n) is 4.57. The molecule has 0 saturated carbocycles. The van der Waals surface area contributed by atoms with Gasteiger partial charge in [-0.05, 0) is 5.56 Å². The maximum atomic E-state index is 9.10. The summed E-state index contributed by atoms with van der Waals surface area (Å²) in [4.78, 5) is 0. The van der Waals surface area contributed by atoms with Gasteiger partial charge in [0.05, 0.1) is 51.7 Å². The summed E-state index contributed by atoms with van der Waals surface area (Å²) in [6, 6.07) is 9.82. The molecule has 0 radical (unpaired) electrons. The smallest absolute Gasteiger partial charge is 0.0718 e. The summed E-state index contributed by atoms with van der Waals surface area (Å²) in [6.45, 7) is 0.461. The number of ether oxygens (including phenoxy) is 2. The number of aliphatic hydroxyl groups excluding tert-OH is 3. The third-order valence-corrected chi connectivity index (χ3v) is 2.90. The van der Waals surface area contributed by atoms with Crippen molar-refractivity contribution in [1.29, 1.82) is 0 Å². The highest BCUT2D eigenvalue weighted by Gasteiger charge is 2.28. The molecule has 19 heavy (non-hydrogen) atoms. The first kappa shape index (κ1) is 16.1. The van der Waals surface area contributed by atoms with E-state index in [1.807, 2.05) is 30.3 Å². The first-order valence-corrected chi connectivity index (χ1v) is 6.28. The van der Waals surface area contributed by atoms with E-state index in [9.17, 15) is 0 Å². The molecule has 0 aliphatic heterocycles. The van der Waals surface area contributed by atoms with Crippen molar-refractivity contribution in [3.63, 3.8) is 0 Å². The summed E-state index contributed by atoms with van der Waals surface area (Å²) in [5.41, 5.74) is 0.123. The van der Waals surface area contributed by atoms with E-state index in [0.717, 1.165) is 5.56 Å². The minimum absolute atomic E-state index is 0.102. The minimum Gasteiger partial charge on any atom is -0.396 e. The Balaban J connectivity index is 2.11. The highest BCUT2D eigenvalue weighted by atomic mass is 16.5. The second kappa shape index (κ2) is 9.01. The van der Waals surface area contributed by atoms with Crippen LogP contribution in [0, 0.1) is 5.41 Å². The van der Waals surface area contributed by atoms with Crippen LogP contribution in [0.5, 0.6) is 0 Å². The Hall–Kier alpha value is -0.980. The molecule has 5 heteroatoms. The molecule has 5 nitrogen and oxygen atoms in total. The molecule has 0 aliphatic carbocycles. The molecule has 0 unspecified atom stereocenters. The number of hydrogen-bond acceptors (Lipinski definition) is 5. The SMILES string of the molecule is OCC(CO)(CO)COCCOCc1ccccc1. The van der Waals surface area contributed by atoms with E-state index < -0.39 is 5.41 Å². The van der Waals surface area contributed by atoms with E-state index in [4.69, 9.17) is 24.8 Å². The van der Waals surface area contributed by atoms with Crippen LogP contribution in [0.3, 0.4) is 0 Å². The van der Waals surface area contributed by atoms with Crippen molar-refractivity contribution in [1.82, 2.24) is 0 Å². The average molecular weight is 270 g/mol. The number of hydrogen-bond donors (Lipinski definition) is 3. The van der Waals surface area contributed by atoms with Crippen LogP contribution in [0.25, 0.3) is 0 Å². The van der Waals surface area contributed by atoms with Gasteiger partial charge in [0, 0.05) is 0 Å². The maximum Gasteiger partial charge on any atom is 0.0718 e. The van der Waals surface area contributed by atoms with Crippen molar-refractivity contribution in [3.05, 3.63) is 35.9 Å². The number of benzene rings is 1. The van der Waals surface area contributed by atoms with Gasteiger partial charge in [0.1, 0.15) is 0 Å². The normalized spacial score (nSPS) is 11.7. The van der Waals surface area contributed by atoms with Crippen molar-refractivity contribution in [3.8, 4) is 0 Å². The molecule has 0 heterocycles. The number of aliphatic hydroxyl groups is 3. The van der Waals surface area contributed by atoms with Gasteiger partial charge in [0.25, 0.3) is 0 Å². The van der Waals surface area contributed by atoms with Gasteiger partial charge in [-0.15, -0.1) is 0 Å². The molecular weight excluding hydrogens is 248 g/mol. The van der Waals surface area contributed by atoms with Gasteiger partial charge < -0.3 is 24.8 Å². The van der Waals surface area contributed by atoms with Crippen molar-refractivity contribution in [2.45, 2.75) is 6.61 Å². The molecule has 0 aliphatic rings. The molecule has 0 aromatic heterocycles. The van der Waals surface area contributed by atoms with E-state index in [0.29, 0.717) is 19.8 Å². The third kappa shape index (κ3) is 5.67. The van der Waals surface area contributed by atoms with Crippen molar-refractivity contribution < 1.29 is 24.8 Å². The molecule has 0 saturated heterocycles. The van der Waals surface area contributed by atoms with Crippen LogP contribution >= 0.6 is 0 Å². The second-order valence-corrected chi connectivity index (χ2v) is 4.57. The van der Waals surface area contributed by atoms with Crippen molar-refractivity contribution in [2.75, 3.05) is 39.6 Å². The van der Waals surface area contributed by atoms with E-state index >= 15 is 0 Å². The summed E-state index contributed by atoms with van der Waals surface area (Å²) in [5, 5.41) is 27.3. The standard InChI is InChI=1S/C14H22O5/c15-9-14(10-16,11-17)12-19-7-6-18-8-13-4-2-1-3-5-13/h1-5,15-17H,6-12H2. The lowest BCUT2D eigenvalue weighted by Crippen LogP contribution is -2.39. The van der Waals surface area contributed by atoms with Crippen LogP contribution < -0.4 is 0 Å². The number of rotatable bonds is 10. The Bertz CT molecular complexity index is 316. The quantitative estimate of drug-likeness (QED) is 0.529. The fourth-order valence-corrected chi connectivity index (χ4v) is 1.46. The fourth-order valence-electron chi connectivity index (χ4n) is 1.46. The highest BCUT2D eigenvalue weighted by Crippen LogP contribution is 2.14. The molecule has 0 atom stereocenters. The monoisotopic (exact) mass is 270 g/mol. The molecule has 1 aromatic rings. The van der Waals surface area contributed by atoms with E-state index in [-0.39, 0.29) is 26.4 Å². The van der Waals surface area contributed by atoms with E-state index in [2.05, 4.69) is 0 Å². The van der Waals surface area contributed by atoms with Gasteiger partial charge in [0.2, 0.25) is 0 Å².